The predicted molar refractivity (Wildman–Crippen MR) is 77.6 cm³/mol. The van der Waals surface area contributed by atoms with Crippen LogP contribution in [0.5, 0.6) is 0 Å². The predicted octanol–water partition coefficient (Wildman–Crippen LogP) is 3.38. The molecule has 2 N–H and O–H groups in total. The van der Waals surface area contributed by atoms with E-state index in [1.807, 2.05) is 32.0 Å². The van der Waals surface area contributed by atoms with Crippen LogP contribution in [-0.2, 0) is 9.59 Å². The van der Waals surface area contributed by atoms with Crippen molar-refractivity contribution in [2.24, 2.45) is 0 Å². The molecule has 0 fully saturated rings. The van der Waals surface area contributed by atoms with Gasteiger partial charge in [0.05, 0.1) is 5.69 Å². The van der Waals surface area contributed by atoms with E-state index in [-0.39, 0.29) is 5.91 Å². The van der Waals surface area contributed by atoms with Crippen LogP contribution in [0.2, 0.25) is 0 Å². The Morgan fingerprint density at radius 2 is 2.00 bits per heavy atom. The van der Waals surface area contributed by atoms with Crippen molar-refractivity contribution in [2.75, 3.05) is 5.32 Å². The smallest absolute Gasteiger partial charge is 0.316 e. The second-order valence-corrected chi connectivity index (χ2v) is 5.39. The summed E-state index contributed by atoms with van der Waals surface area (Å²) in [7, 11) is 0. The largest absolute Gasteiger partial charge is 0.480 e. The number of benzene rings is 1. The van der Waals surface area contributed by atoms with Crippen molar-refractivity contribution in [2.45, 2.75) is 43.3 Å². The summed E-state index contributed by atoms with van der Waals surface area (Å²) < 4.78 is 0. The molecule has 19 heavy (non-hydrogen) atoms. The zero-order chi connectivity index (χ0) is 14.3. The van der Waals surface area contributed by atoms with Gasteiger partial charge in [-0.15, -0.1) is 11.8 Å². The molecule has 0 spiro atoms. The first-order chi connectivity index (χ1) is 9.08. The van der Waals surface area contributed by atoms with Gasteiger partial charge < -0.3 is 10.4 Å². The van der Waals surface area contributed by atoms with E-state index in [1.54, 1.807) is 6.07 Å². The van der Waals surface area contributed by atoms with E-state index >= 15 is 0 Å². The number of aliphatic carboxylic acids is 1. The van der Waals surface area contributed by atoms with Crippen LogP contribution in [0, 0.1) is 0 Å². The molecule has 1 aromatic rings. The molecule has 0 saturated heterocycles. The van der Waals surface area contributed by atoms with Gasteiger partial charge in [0.25, 0.3) is 0 Å². The Labute approximate surface area is 117 Å². The van der Waals surface area contributed by atoms with Crippen molar-refractivity contribution in [3.63, 3.8) is 0 Å². The van der Waals surface area contributed by atoms with E-state index in [0.29, 0.717) is 18.5 Å². The van der Waals surface area contributed by atoms with E-state index < -0.39 is 11.2 Å². The molecular weight excluding hydrogens is 262 g/mol. The minimum absolute atomic E-state index is 0.0427. The number of carboxylic acids is 1. The Morgan fingerprint density at radius 3 is 2.58 bits per heavy atom. The summed E-state index contributed by atoms with van der Waals surface area (Å²) in [6.45, 7) is 3.78. The number of thioether (sulfide) groups is 1. The first-order valence-electron chi connectivity index (χ1n) is 6.36. The monoisotopic (exact) mass is 281 g/mol. The van der Waals surface area contributed by atoms with Gasteiger partial charge in [-0.3, -0.25) is 9.59 Å². The topological polar surface area (TPSA) is 66.4 Å². The van der Waals surface area contributed by atoms with Gasteiger partial charge in [-0.2, -0.15) is 0 Å². The van der Waals surface area contributed by atoms with E-state index in [1.165, 1.54) is 11.8 Å². The molecule has 1 amide bonds. The van der Waals surface area contributed by atoms with E-state index in [2.05, 4.69) is 5.32 Å². The molecular formula is C14H19NO3S. The van der Waals surface area contributed by atoms with Crippen molar-refractivity contribution in [1.82, 2.24) is 0 Å². The average molecular weight is 281 g/mol. The van der Waals surface area contributed by atoms with Crippen LogP contribution in [0.1, 0.15) is 33.1 Å². The molecule has 1 atom stereocenters. The molecule has 0 aliphatic heterocycles. The number of amides is 1. The number of hydrogen-bond donors (Lipinski definition) is 2. The zero-order valence-corrected chi connectivity index (χ0v) is 12.0. The Morgan fingerprint density at radius 1 is 1.32 bits per heavy atom. The second kappa shape index (κ2) is 7.84. The molecule has 0 bridgehead atoms. The van der Waals surface area contributed by atoms with Crippen LogP contribution in [0.15, 0.2) is 29.2 Å². The number of carbonyl (C=O) groups excluding carboxylic acids is 1. The quantitative estimate of drug-likeness (QED) is 0.752. The highest BCUT2D eigenvalue weighted by Crippen LogP contribution is 2.32. The van der Waals surface area contributed by atoms with E-state index in [0.717, 1.165) is 11.3 Å². The summed E-state index contributed by atoms with van der Waals surface area (Å²) in [6, 6.07) is 7.29. The van der Waals surface area contributed by atoms with Gasteiger partial charge in [0.1, 0.15) is 5.25 Å². The lowest BCUT2D eigenvalue weighted by molar-refractivity contribution is -0.136. The van der Waals surface area contributed by atoms with Crippen LogP contribution >= 0.6 is 11.8 Å². The van der Waals surface area contributed by atoms with Gasteiger partial charge in [-0.1, -0.05) is 26.0 Å². The molecule has 5 heteroatoms. The summed E-state index contributed by atoms with van der Waals surface area (Å²) in [6.07, 6.45) is 1.79. The van der Waals surface area contributed by atoms with Crippen LogP contribution in [0.3, 0.4) is 0 Å². The fraction of sp³-hybridized carbons (Fsp3) is 0.429. The third kappa shape index (κ3) is 4.95. The summed E-state index contributed by atoms with van der Waals surface area (Å²) >= 11 is 1.27. The lowest BCUT2D eigenvalue weighted by atomic mass is 10.3. The van der Waals surface area contributed by atoms with Crippen LogP contribution < -0.4 is 5.32 Å². The Balaban J connectivity index is 2.83. The Bertz CT molecular complexity index is 448. The number of anilines is 1. The lowest BCUT2D eigenvalue weighted by Gasteiger charge is -2.14. The number of nitrogens with one attached hydrogen (secondary N) is 1. The van der Waals surface area contributed by atoms with Crippen molar-refractivity contribution in [1.29, 1.82) is 0 Å². The lowest BCUT2D eigenvalue weighted by Crippen LogP contribution is -2.16. The first kappa shape index (κ1) is 15.6. The summed E-state index contributed by atoms with van der Waals surface area (Å²) in [5.41, 5.74) is 0.686. The number of rotatable bonds is 7. The molecule has 0 aromatic heterocycles. The molecule has 0 heterocycles. The van der Waals surface area contributed by atoms with Crippen LogP contribution in [0.4, 0.5) is 5.69 Å². The normalized spacial score (nSPS) is 11.9. The maximum Gasteiger partial charge on any atom is 0.316 e. The van der Waals surface area contributed by atoms with E-state index in [4.69, 9.17) is 5.11 Å². The third-order valence-corrected chi connectivity index (χ3v) is 3.98. The standard InChI is InChI=1S/C14H19NO3S/c1-3-7-13(16)15-10-8-5-6-9-12(10)19-11(4-2)14(17)18/h5-6,8-9,11H,3-4,7H2,1-2H3,(H,15,16)(H,17,18)/t11-/m0/s1. The van der Waals surface area contributed by atoms with E-state index in [9.17, 15) is 9.59 Å². The van der Waals surface area contributed by atoms with Gasteiger partial charge in [-0.25, -0.2) is 0 Å². The van der Waals surface area contributed by atoms with Crippen molar-refractivity contribution in [3.05, 3.63) is 24.3 Å². The van der Waals surface area contributed by atoms with Gasteiger partial charge in [0.2, 0.25) is 5.91 Å². The number of para-hydroxylation sites is 1. The van der Waals surface area contributed by atoms with Gasteiger partial charge >= 0.3 is 5.97 Å². The third-order valence-electron chi connectivity index (χ3n) is 2.55. The zero-order valence-electron chi connectivity index (χ0n) is 11.2. The molecule has 0 aliphatic rings. The number of hydrogen-bond acceptors (Lipinski definition) is 3. The Hall–Kier alpha value is -1.49. The van der Waals surface area contributed by atoms with Crippen molar-refractivity contribution in [3.8, 4) is 0 Å². The average Bonchev–Trinajstić information content (AvgIpc) is 2.37. The molecule has 0 aliphatic carbocycles. The first-order valence-corrected chi connectivity index (χ1v) is 7.24. The SMILES string of the molecule is CCCC(=O)Nc1ccccc1S[C@@H](CC)C(=O)O. The van der Waals surface area contributed by atoms with Crippen molar-refractivity contribution >= 4 is 29.3 Å². The molecule has 1 rings (SSSR count). The Kier molecular flexibility index (Phi) is 6.42. The van der Waals surface area contributed by atoms with Gasteiger partial charge in [0, 0.05) is 11.3 Å². The maximum atomic E-state index is 11.6. The molecule has 104 valence electrons. The summed E-state index contributed by atoms with van der Waals surface area (Å²) in [4.78, 5) is 23.5. The molecule has 0 unspecified atom stereocenters. The molecule has 1 aromatic carbocycles. The second-order valence-electron chi connectivity index (χ2n) is 4.15. The van der Waals surface area contributed by atoms with Crippen molar-refractivity contribution < 1.29 is 14.7 Å². The minimum atomic E-state index is -0.831. The fourth-order valence-corrected chi connectivity index (χ4v) is 2.55. The maximum absolute atomic E-state index is 11.6. The molecule has 0 radical (unpaired) electrons. The van der Waals surface area contributed by atoms with Gasteiger partial charge in [0.15, 0.2) is 0 Å². The molecule has 0 saturated carbocycles. The minimum Gasteiger partial charge on any atom is -0.480 e. The highest BCUT2D eigenvalue weighted by Gasteiger charge is 2.18. The number of carbonyl (C=O) groups is 2. The summed E-state index contributed by atoms with van der Waals surface area (Å²) in [5.74, 6) is -0.874. The number of carboxylic acid groups (broad SMARTS) is 1. The van der Waals surface area contributed by atoms with Gasteiger partial charge in [-0.05, 0) is 25.0 Å². The van der Waals surface area contributed by atoms with Crippen LogP contribution in [0.25, 0.3) is 0 Å². The highest BCUT2D eigenvalue weighted by molar-refractivity contribution is 8.00. The highest BCUT2D eigenvalue weighted by atomic mass is 32.2. The van der Waals surface area contributed by atoms with Crippen LogP contribution in [-0.4, -0.2) is 22.2 Å². The summed E-state index contributed by atoms with van der Waals surface area (Å²) in [5, 5.41) is 11.4. The molecule has 4 nitrogen and oxygen atoms in total. The fourth-order valence-electron chi connectivity index (χ4n) is 1.57.